The zero-order chi connectivity index (χ0) is 39.5. The molecule has 0 saturated carbocycles. The van der Waals surface area contributed by atoms with Crippen LogP contribution in [0, 0.1) is 0 Å². The van der Waals surface area contributed by atoms with Crippen molar-refractivity contribution in [1.29, 1.82) is 0 Å². The monoisotopic (exact) mass is 776 g/mol. The predicted molar refractivity (Wildman–Crippen MR) is 208 cm³/mol. The Morgan fingerprint density at radius 1 is 0.556 bits per heavy atom. The molecule has 0 heterocycles. The maximum Gasteiger partial charge on any atom is 0.323 e. The first-order chi connectivity index (χ1) is 25.7. The molecule has 0 atom stereocenters. The molecule has 16 heteroatoms. The molecule has 5 aromatic carbocycles. The highest BCUT2D eigenvalue weighted by Gasteiger charge is 2.17. The van der Waals surface area contributed by atoms with Gasteiger partial charge in [-0.05, 0) is 71.8 Å². The van der Waals surface area contributed by atoms with E-state index in [0.717, 1.165) is 11.1 Å². The molecule has 0 bridgehead atoms. The van der Waals surface area contributed by atoms with Gasteiger partial charge in [0.05, 0.1) is 52.6 Å². The molecule has 5 rings (SSSR count). The standard InChI is InChI=1S/C21H20N2O4S.C17H20N2O6S/c1-2-28(26,27)18-12-13-20(24)19(14-18)23-21(25)22-17-10-8-16(9-11-17)15-6-4-3-5-7-15;1-4-26(22,23)12-6-8-15(20)14(10-12)19-17(21)18-13-7-5-11(24-2)9-16(13)25-3/h3-14,24H,2H2,1H3,(H2,22,23,25);5-10,20H,4H2,1-3H3,(H2,18,19,21). The average molecular weight is 777 g/mol. The van der Waals surface area contributed by atoms with Crippen LogP contribution in [0.1, 0.15) is 13.8 Å². The van der Waals surface area contributed by atoms with Crippen LogP contribution in [-0.2, 0) is 19.7 Å². The first-order valence-corrected chi connectivity index (χ1v) is 19.6. The fourth-order valence-corrected chi connectivity index (χ4v) is 6.60. The molecule has 0 aliphatic heterocycles. The third-order valence-electron chi connectivity index (χ3n) is 7.82. The van der Waals surface area contributed by atoms with Gasteiger partial charge in [0.2, 0.25) is 0 Å². The zero-order valence-corrected chi connectivity index (χ0v) is 31.4. The third kappa shape index (κ3) is 10.6. The lowest BCUT2D eigenvalue weighted by atomic mass is 10.1. The van der Waals surface area contributed by atoms with E-state index in [2.05, 4.69) is 21.3 Å². The predicted octanol–water partition coefficient (Wildman–Crippen LogP) is 7.34. The van der Waals surface area contributed by atoms with Crippen molar-refractivity contribution in [3.8, 4) is 34.1 Å². The lowest BCUT2D eigenvalue weighted by Gasteiger charge is -2.13. The van der Waals surface area contributed by atoms with Crippen LogP contribution >= 0.6 is 0 Å². The lowest BCUT2D eigenvalue weighted by Crippen LogP contribution is -2.20. The van der Waals surface area contributed by atoms with E-state index in [9.17, 15) is 36.6 Å². The smallest absolute Gasteiger partial charge is 0.323 e. The van der Waals surface area contributed by atoms with Gasteiger partial charge >= 0.3 is 12.1 Å². The molecule has 0 radical (unpaired) electrons. The number of sulfone groups is 2. The number of methoxy groups -OCH3 is 2. The maximum atomic E-state index is 12.2. The summed E-state index contributed by atoms with van der Waals surface area (Å²) < 4.78 is 58.1. The molecule has 6 N–H and O–H groups in total. The van der Waals surface area contributed by atoms with Crippen molar-refractivity contribution in [3.63, 3.8) is 0 Å². The molecule has 0 aromatic heterocycles. The quantitative estimate of drug-likeness (QED) is 0.0735. The van der Waals surface area contributed by atoms with Crippen LogP contribution in [0.25, 0.3) is 11.1 Å². The number of benzene rings is 5. The van der Waals surface area contributed by atoms with Gasteiger partial charge in [-0.15, -0.1) is 0 Å². The van der Waals surface area contributed by atoms with E-state index in [0.29, 0.717) is 22.9 Å². The number of phenols is 2. The van der Waals surface area contributed by atoms with Gasteiger partial charge in [-0.25, -0.2) is 26.4 Å². The van der Waals surface area contributed by atoms with Crippen LogP contribution in [0.15, 0.2) is 119 Å². The molecule has 0 aliphatic carbocycles. The molecule has 54 heavy (non-hydrogen) atoms. The van der Waals surface area contributed by atoms with E-state index in [-0.39, 0.29) is 44.2 Å². The first kappa shape index (κ1) is 40.5. The molecule has 4 amide bonds. The molecule has 0 unspecified atom stereocenters. The normalized spacial score (nSPS) is 11.0. The van der Waals surface area contributed by atoms with Crippen LogP contribution < -0.4 is 30.7 Å². The number of carbonyl (C=O) groups excluding carboxylic acids is 2. The third-order valence-corrected chi connectivity index (χ3v) is 11.3. The largest absolute Gasteiger partial charge is 0.506 e. The van der Waals surface area contributed by atoms with E-state index in [1.54, 1.807) is 30.3 Å². The Bertz CT molecular complexity index is 2320. The second-order valence-corrected chi connectivity index (χ2v) is 15.9. The number of hydrogen-bond acceptors (Lipinski definition) is 10. The van der Waals surface area contributed by atoms with Crippen LogP contribution in [0.4, 0.5) is 32.3 Å². The number of hydrogen-bond donors (Lipinski definition) is 6. The number of ether oxygens (including phenoxy) is 2. The second-order valence-electron chi connectivity index (χ2n) is 11.3. The van der Waals surface area contributed by atoms with Crippen molar-refractivity contribution in [1.82, 2.24) is 0 Å². The molecular weight excluding hydrogens is 737 g/mol. The van der Waals surface area contributed by atoms with E-state index < -0.39 is 31.7 Å². The molecule has 0 fully saturated rings. The number of amides is 4. The Morgan fingerprint density at radius 2 is 1.04 bits per heavy atom. The summed E-state index contributed by atoms with van der Waals surface area (Å²) in [5.74, 6) is 0.305. The Balaban J connectivity index is 0.000000241. The van der Waals surface area contributed by atoms with Gasteiger partial charge in [0.1, 0.15) is 23.0 Å². The van der Waals surface area contributed by atoms with Crippen LogP contribution in [0.3, 0.4) is 0 Å². The highest BCUT2D eigenvalue weighted by Crippen LogP contribution is 2.31. The fourth-order valence-electron chi connectivity index (χ4n) is 4.79. The van der Waals surface area contributed by atoms with Gasteiger partial charge in [-0.2, -0.15) is 0 Å². The van der Waals surface area contributed by atoms with Gasteiger partial charge in [0, 0.05) is 11.8 Å². The molecule has 284 valence electrons. The van der Waals surface area contributed by atoms with Crippen molar-refractivity contribution < 1.29 is 46.1 Å². The van der Waals surface area contributed by atoms with Gasteiger partial charge in [-0.1, -0.05) is 56.3 Å². The lowest BCUT2D eigenvalue weighted by molar-refractivity contribution is 0.261. The van der Waals surface area contributed by atoms with Crippen LogP contribution in [0.2, 0.25) is 0 Å². The maximum absolute atomic E-state index is 12.2. The molecule has 0 spiro atoms. The summed E-state index contributed by atoms with van der Waals surface area (Å²) >= 11 is 0. The van der Waals surface area contributed by atoms with Gasteiger partial charge in [-0.3, -0.25) is 0 Å². The highest BCUT2D eigenvalue weighted by atomic mass is 32.2. The zero-order valence-electron chi connectivity index (χ0n) is 29.8. The van der Waals surface area contributed by atoms with E-state index in [4.69, 9.17) is 9.47 Å². The Morgan fingerprint density at radius 3 is 1.52 bits per heavy atom. The summed E-state index contributed by atoms with van der Waals surface area (Å²) in [6.07, 6.45) is 0. The summed E-state index contributed by atoms with van der Waals surface area (Å²) in [4.78, 5) is 24.5. The first-order valence-electron chi connectivity index (χ1n) is 16.3. The van der Waals surface area contributed by atoms with Crippen molar-refractivity contribution in [3.05, 3.63) is 109 Å². The van der Waals surface area contributed by atoms with E-state index in [1.165, 1.54) is 64.5 Å². The Hall–Kier alpha value is -6.26. The van der Waals surface area contributed by atoms with Crippen molar-refractivity contribution in [2.45, 2.75) is 23.6 Å². The van der Waals surface area contributed by atoms with Crippen molar-refractivity contribution in [2.75, 3.05) is 47.0 Å². The number of anilines is 4. The van der Waals surface area contributed by atoms with Gasteiger partial charge in [0.25, 0.3) is 0 Å². The van der Waals surface area contributed by atoms with Gasteiger partial charge < -0.3 is 41.0 Å². The average Bonchev–Trinajstić information content (AvgIpc) is 3.17. The summed E-state index contributed by atoms with van der Waals surface area (Å²) in [6, 6.07) is 28.2. The Labute approximate surface area is 313 Å². The molecule has 5 aromatic rings. The Kier molecular flexibility index (Phi) is 13.5. The van der Waals surface area contributed by atoms with Crippen molar-refractivity contribution in [2.24, 2.45) is 0 Å². The molecule has 14 nitrogen and oxygen atoms in total. The van der Waals surface area contributed by atoms with Gasteiger partial charge in [0.15, 0.2) is 19.7 Å². The van der Waals surface area contributed by atoms with E-state index in [1.807, 2.05) is 42.5 Å². The SMILES string of the molecule is CCS(=O)(=O)c1ccc(O)c(NC(=O)Nc2ccc(-c3ccccc3)cc2)c1.CCS(=O)(=O)c1ccc(O)c(NC(=O)Nc2ccc(OC)cc2OC)c1. The number of urea groups is 2. The van der Waals surface area contributed by atoms with Crippen LogP contribution in [-0.4, -0.2) is 64.8 Å². The molecule has 0 saturated heterocycles. The molecule has 0 aliphatic rings. The van der Waals surface area contributed by atoms with E-state index >= 15 is 0 Å². The number of carbonyl (C=O) groups is 2. The van der Waals surface area contributed by atoms with Crippen molar-refractivity contribution >= 4 is 54.5 Å². The fraction of sp³-hybridized carbons (Fsp3) is 0.158. The summed E-state index contributed by atoms with van der Waals surface area (Å²) in [7, 11) is -3.96. The minimum Gasteiger partial charge on any atom is -0.506 e. The second kappa shape index (κ2) is 18.0. The van der Waals surface area contributed by atoms with Crippen LogP contribution in [0.5, 0.6) is 23.0 Å². The summed E-state index contributed by atoms with van der Waals surface area (Å²) in [6.45, 7) is 3.04. The summed E-state index contributed by atoms with van der Waals surface area (Å²) in [5, 5.41) is 29.9. The summed E-state index contributed by atoms with van der Waals surface area (Å²) in [5.41, 5.74) is 3.02. The number of phenolic OH excluding ortho intramolecular Hbond substituents is 2. The number of nitrogens with one attached hydrogen (secondary N) is 4. The number of aromatic hydroxyl groups is 2. The minimum absolute atomic E-state index is 0.00938. The minimum atomic E-state index is -3.47. The molecular formula is C38H40N4O10S2. The number of rotatable bonds is 11. The highest BCUT2D eigenvalue weighted by molar-refractivity contribution is 7.91. The topological polar surface area (TPSA) is 209 Å².